The Kier molecular flexibility index (Phi) is 3.61. The third-order valence-electron chi connectivity index (χ3n) is 2.90. The Hall–Kier alpha value is -1.11. The molecule has 5 nitrogen and oxygen atoms in total. The summed E-state index contributed by atoms with van der Waals surface area (Å²) in [4.78, 5) is 0.276. The topological polar surface area (TPSA) is 72.6 Å². The molecule has 1 fully saturated rings. The van der Waals surface area contributed by atoms with Crippen LogP contribution in [0.3, 0.4) is 0 Å². The van der Waals surface area contributed by atoms with Crippen molar-refractivity contribution in [1.82, 2.24) is 4.31 Å². The fraction of sp³-hybridized carbons (Fsp3) is 0.500. The maximum atomic E-state index is 12.4. The SMILES string of the molecule is C[C@@H]1CN(S(=O)(=O)c2ccc(N)cc2)C[C@H](C)O1. The number of nitrogens with zero attached hydrogens (tertiary/aromatic N) is 1. The van der Waals surface area contributed by atoms with Gasteiger partial charge in [0.05, 0.1) is 17.1 Å². The van der Waals surface area contributed by atoms with Crippen LogP contribution in [0.2, 0.25) is 0 Å². The lowest BCUT2D eigenvalue weighted by Gasteiger charge is -2.34. The summed E-state index contributed by atoms with van der Waals surface area (Å²) in [5, 5.41) is 0. The minimum Gasteiger partial charge on any atom is -0.399 e. The summed E-state index contributed by atoms with van der Waals surface area (Å²) in [6.45, 7) is 4.52. The van der Waals surface area contributed by atoms with Crippen LogP contribution in [0.15, 0.2) is 29.2 Å². The number of nitrogen functional groups attached to an aromatic ring is 1. The Morgan fingerprint density at radius 2 is 1.67 bits per heavy atom. The predicted octanol–water partition coefficient (Wildman–Crippen LogP) is 1.07. The summed E-state index contributed by atoms with van der Waals surface area (Å²) < 4.78 is 31.8. The van der Waals surface area contributed by atoms with Gasteiger partial charge in [-0.3, -0.25) is 0 Å². The van der Waals surface area contributed by atoms with Crippen molar-refractivity contribution in [2.24, 2.45) is 0 Å². The van der Waals surface area contributed by atoms with Crippen LogP contribution in [0, 0.1) is 0 Å². The van der Waals surface area contributed by atoms with Crippen molar-refractivity contribution in [1.29, 1.82) is 0 Å². The van der Waals surface area contributed by atoms with Gasteiger partial charge in [0.1, 0.15) is 0 Å². The van der Waals surface area contributed by atoms with Gasteiger partial charge in [-0.25, -0.2) is 8.42 Å². The molecular weight excluding hydrogens is 252 g/mol. The molecule has 1 aliphatic heterocycles. The van der Waals surface area contributed by atoms with Crippen molar-refractivity contribution in [3.8, 4) is 0 Å². The normalized spacial score (nSPS) is 26.1. The molecule has 2 rings (SSSR count). The first-order chi connectivity index (χ1) is 8.39. The largest absolute Gasteiger partial charge is 0.399 e. The van der Waals surface area contributed by atoms with E-state index >= 15 is 0 Å². The van der Waals surface area contributed by atoms with Gasteiger partial charge in [-0.15, -0.1) is 0 Å². The van der Waals surface area contributed by atoms with E-state index in [0.717, 1.165) is 0 Å². The maximum Gasteiger partial charge on any atom is 0.243 e. The Morgan fingerprint density at radius 3 is 2.17 bits per heavy atom. The monoisotopic (exact) mass is 270 g/mol. The molecule has 2 atom stereocenters. The van der Waals surface area contributed by atoms with Crippen LogP contribution in [-0.4, -0.2) is 38.0 Å². The van der Waals surface area contributed by atoms with Crippen LogP contribution >= 0.6 is 0 Å². The van der Waals surface area contributed by atoms with Crippen molar-refractivity contribution >= 4 is 15.7 Å². The summed E-state index contributed by atoms with van der Waals surface area (Å²) in [5.41, 5.74) is 6.12. The van der Waals surface area contributed by atoms with E-state index in [4.69, 9.17) is 10.5 Å². The van der Waals surface area contributed by atoms with Gasteiger partial charge in [0.15, 0.2) is 0 Å². The maximum absolute atomic E-state index is 12.4. The van der Waals surface area contributed by atoms with Crippen LogP contribution < -0.4 is 5.73 Å². The Labute approximate surface area is 108 Å². The van der Waals surface area contributed by atoms with Crippen LogP contribution in [0.5, 0.6) is 0 Å². The van der Waals surface area contributed by atoms with Crippen molar-refractivity contribution in [3.63, 3.8) is 0 Å². The molecule has 6 heteroatoms. The molecule has 0 aromatic heterocycles. The fourth-order valence-corrected chi connectivity index (χ4v) is 3.71. The number of hydrogen-bond donors (Lipinski definition) is 1. The number of sulfonamides is 1. The standard InChI is InChI=1S/C12H18N2O3S/c1-9-7-14(8-10(2)17-9)18(15,16)12-5-3-11(13)4-6-12/h3-6,9-10H,7-8,13H2,1-2H3/t9-,10+. The molecule has 0 spiro atoms. The third-order valence-corrected chi connectivity index (χ3v) is 4.75. The summed E-state index contributed by atoms with van der Waals surface area (Å²) in [7, 11) is -3.45. The van der Waals surface area contributed by atoms with Gasteiger partial charge in [-0.1, -0.05) is 0 Å². The van der Waals surface area contributed by atoms with Crippen molar-refractivity contribution in [2.45, 2.75) is 31.0 Å². The molecule has 18 heavy (non-hydrogen) atoms. The highest BCUT2D eigenvalue weighted by Crippen LogP contribution is 2.21. The lowest BCUT2D eigenvalue weighted by molar-refractivity contribution is -0.0440. The predicted molar refractivity (Wildman–Crippen MR) is 69.6 cm³/mol. The average molecular weight is 270 g/mol. The number of hydrogen-bond acceptors (Lipinski definition) is 4. The lowest BCUT2D eigenvalue weighted by Crippen LogP contribution is -2.48. The van der Waals surface area contributed by atoms with Gasteiger partial charge in [0, 0.05) is 18.8 Å². The molecule has 0 bridgehead atoms. The molecule has 0 amide bonds. The van der Waals surface area contributed by atoms with Gasteiger partial charge in [-0.05, 0) is 38.1 Å². The molecular formula is C12H18N2O3S. The van der Waals surface area contributed by atoms with Gasteiger partial charge in [0.2, 0.25) is 10.0 Å². The molecule has 0 radical (unpaired) electrons. The summed E-state index contributed by atoms with van der Waals surface area (Å²) in [5.74, 6) is 0. The zero-order valence-corrected chi connectivity index (χ0v) is 11.4. The average Bonchev–Trinajstić information content (AvgIpc) is 2.28. The zero-order valence-electron chi connectivity index (χ0n) is 10.5. The first kappa shape index (κ1) is 13.3. The molecule has 1 heterocycles. The molecule has 1 aromatic carbocycles. The second-order valence-corrected chi connectivity index (χ2v) is 6.59. The Balaban J connectivity index is 2.28. The Bertz CT molecular complexity index is 503. The highest BCUT2D eigenvalue weighted by atomic mass is 32.2. The van der Waals surface area contributed by atoms with Crippen LogP contribution in [-0.2, 0) is 14.8 Å². The van der Waals surface area contributed by atoms with Crippen molar-refractivity contribution < 1.29 is 13.2 Å². The van der Waals surface area contributed by atoms with E-state index in [1.54, 1.807) is 12.1 Å². The first-order valence-electron chi connectivity index (χ1n) is 5.91. The highest BCUT2D eigenvalue weighted by Gasteiger charge is 2.31. The third kappa shape index (κ3) is 2.66. The molecule has 1 aromatic rings. The number of benzene rings is 1. The van der Waals surface area contributed by atoms with E-state index < -0.39 is 10.0 Å². The molecule has 0 unspecified atom stereocenters. The van der Waals surface area contributed by atoms with E-state index in [1.807, 2.05) is 13.8 Å². The molecule has 0 saturated carbocycles. The van der Waals surface area contributed by atoms with Gasteiger partial charge >= 0.3 is 0 Å². The smallest absolute Gasteiger partial charge is 0.243 e. The summed E-state index contributed by atoms with van der Waals surface area (Å²) in [6.07, 6.45) is -0.172. The number of rotatable bonds is 2. The van der Waals surface area contributed by atoms with Crippen LogP contribution in [0.25, 0.3) is 0 Å². The molecule has 0 aliphatic carbocycles. The minimum atomic E-state index is -3.45. The second kappa shape index (κ2) is 4.87. The van der Waals surface area contributed by atoms with Gasteiger partial charge < -0.3 is 10.5 Å². The fourth-order valence-electron chi connectivity index (χ4n) is 2.12. The second-order valence-electron chi connectivity index (χ2n) is 4.65. The quantitative estimate of drug-likeness (QED) is 0.816. The minimum absolute atomic E-state index is 0.0858. The van der Waals surface area contributed by atoms with Crippen molar-refractivity contribution in [2.75, 3.05) is 18.8 Å². The number of nitrogens with two attached hydrogens (primary N) is 1. The van der Waals surface area contributed by atoms with E-state index in [1.165, 1.54) is 16.4 Å². The summed E-state index contributed by atoms with van der Waals surface area (Å²) in [6, 6.07) is 6.27. The van der Waals surface area contributed by atoms with E-state index in [0.29, 0.717) is 18.8 Å². The summed E-state index contributed by atoms with van der Waals surface area (Å²) >= 11 is 0. The number of anilines is 1. The zero-order chi connectivity index (χ0) is 13.3. The molecule has 100 valence electrons. The van der Waals surface area contributed by atoms with Crippen LogP contribution in [0.1, 0.15) is 13.8 Å². The molecule has 2 N–H and O–H groups in total. The molecule has 1 aliphatic rings. The molecule has 1 saturated heterocycles. The first-order valence-corrected chi connectivity index (χ1v) is 7.35. The van der Waals surface area contributed by atoms with Crippen LogP contribution in [0.4, 0.5) is 5.69 Å². The number of morpholine rings is 1. The van der Waals surface area contributed by atoms with Crippen molar-refractivity contribution in [3.05, 3.63) is 24.3 Å². The highest BCUT2D eigenvalue weighted by molar-refractivity contribution is 7.89. The van der Waals surface area contributed by atoms with E-state index in [9.17, 15) is 8.42 Å². The van der Waals surface area contributed by atoms with E-state index in [2.05, 4.69) is 0 Å². The Morgan fingerprint density at radius 1 is 1.17 bits per heavy atom. The van der Waals surface area contributed by atoms with Gasteiger partial charge in [-0.2, -0.15) is 4.31 Å². The lowest BCUT2D eigenvalue weighted by atomic mass is 10.3. The van der Waals surface area contributed by atoms with E-state index in [-0.39, 0.29) is 17.1 Å². The van der Waals surface area contributed by atoms with Gasteiger partial charge in [0.25, 0.3) is 0 Å². The number of ether oxygens (including phenoxy) is 1.